The molecule has 1 aromatic carbocycles. The molecule has 2 fully saturated rings. The van der Waals surface area contributed by atoms with Gasteiger partial charge in [0.05, 0.1) is 6.10 Å². The summed E-state index contributed by atoms with van der Waals surface area (Å²) in [6.45, 7) is 15.6. The van der Waals surface area contributed by atoms with Crippen LogP contribution in [-0.4, -0.2) is 29.3 Å². The molecule has 38 heavy (non-hydrogen) atoms. The van der Waals surface area contributed by atoms with E-state index in [1.807, 2.05) is 19.9 Å². The van der Waals surface area contributed by atoms with Crippen molar-refractivity contribution >= 4 is 10.4 Å². The van der Waals surface area contributed by atoms with Crippen LogP contribution >= 0.6 is 0 Å². The van der Waals surface area contributed by atoms with Crippen molar-refractivity contribution in [1.29, 1.82) is 0 Å². The van der Waals surface area contributed by atoms with Gasteiger partial charge in [0.15, 0.2) is 0 Å². The van der Waals surface area contributed by atoms with Crippen molar-refractivity contribution in [2.75, 3.05) is 0 Å². The minimum absolute atomic E-state index is 0.0500. The molecule has 0 radical (unpaired) electrons. The SMILES string of the molecule is C=C1CC[C@H]2C(C)(C)CCC[C@]2(C)[C@H]1C[C@@H](OS(=O)(=O)O)[C@H](C)CCC/C(C)=C/Cc1cc(O)ccc1O. The van der Waals surface area contributed by atoms with Gasteiger partial charge in [-0.05, 0) is 111 Å². The van der Waals surface area contributed by atoms with Crippen LogP contribution in [0, 0.1) is 28.6 Å². The topological polar surface area (TPSA) is 104 Å². The molecule has 0 heterocycles. The number of fused-ring (bicyclic) bond motifs is 1. The van der Waals surface area contributed by atoms with E-state index in [-0.39, 0.29) is 34.2 Å². The molecule has 6 nitrogen and oxygen atoms in total. The molecular formula is C31H48O6S. The van der Waals surface area contributed by atoms with Gasteiger partial charge in [-0.2, -0.15) is 8.42 Å². The van der Waals surface area contributed by atoms with Gasteiger partial charge < -0.3 is 10.2 Å². The molecule has 2 saturated carbocycles. The second kappa shape index (κ2) is 12.1. The molecule has 0 aromatic heterocycles. The number of benzene rings is 1. The van der Waals surface area contributed by atoms with Gasteiger partial charge in [-0.3, -0.25) is 4.55 Å². The average molecular weight is 549 g/mol. The van der Waals surface area contributed by atoms with E-state index in [2.05, 4.69) is 27.4 Å². The normalized spacial score (nSPS) is 27.5. The maximum absolute atomic E-state index is 11.9. The zero-order chi connectivity index (χ0) is 28.3. The summed E-state index contributed by atoms with van der Waals surface area (Å²) in [4.78, 5) is 0. The van der Waals surface area contributed by atoms with Crippen LogP contribution in [0.2, 0.25) is 0 Å². The smallest absolute Gasteiger partial charge is 0.397 e. The Morgan fingerprint density at radius 1 is 1.24 bits per heavy atom. The second-order valence-electron chi connectivity index (χ2n) is 12.9. The number of aromatic hydroxyl groups is 2. The van der Waals surface area contributed by atoms with Crippen molar-refractivity contribution in [1.82, 2.24) is 0 Å². The van der Waals surface area contributed by atoms with Gasteiger partial charge in [-0.15, -0.1) is 0 Å². The number of allylic oxidation sites excluding steroid dienone is 3. The number of phenols is 2. The third kappa shape index (κ3) is 7.64. The highest BCUT2D eigenvalue weighted by molar-refractivity contribution is 7.80. The van der Waals surface area contributed by atoms with Gasteiger partial charge in [0.1, 0.15) is 11.5 Å². The van der Waals surface area contributed by atoms with E-state index in [9.17, 15) is 23.2 Å². The molecule has 0 aliphatic heterocycles. The van der Waals surface area contributed by atoms with Crippen molar-refractivity contribution in [2.45, 2.75) is 105 Å². The van der Waals surface area contributed by atoms with Gasteiger partial charge in [-0.25, -0.2) is 4.18 Å². The monoisotopic (exact) mass is 548 g/mol. The van der Waals surface area contributed by atoms with Crippen molar-refractivity contribution in [3.8, 4) is 11.5 Å². The molecule has 3 rings (SSSR count). The highest BCUT2D eigenvalue weighted by Crippen LogP contribution is 2.62. The maximum atomic E-state index is 11.9. The zero-order valence-electron chi connectivity index (χ0n) is 23.9. The molecule has 0 saturated heterocycles. The fraction of sp³-hybridized carbons (Fsp3) is 0.677. The lowest BCUT2D eigenvalue weighted by atomic mass is 9.47. The summed E-state index contributed by atoms with van der Waals surface area (Å²) in [7, 11) is -4.58. The molecular weight excluding hydrogens is 500 g/mol. The van der Waals surface area contributed by atoms with Crippen LogP contribution in [-0.2, 0) is 21.0 Å². The standard InChI is InChI=1S/C31H48O6S/c1-21(11-13-24-19-25(32)14-15-27(24)33)9-7-10-23(3)28(37-38(34,35)36)20-26-22(2)12-16-29-30(4,5)17-8-18-31(26,29)6/h11,14-15,19,23,26,28-29,32-33H,2,7-10,12-13,16-18,20H2,1,3-6H3,(H,34,35,36)/b21-11+/t23-,26+,28-,29+,31-/m1/s1. The first-order chi connectivity index (χ1) is 17.6. The van der Waals surface area contributed by atoms with Gasteiger partial charge in [0.2, 0.25) is 0 Å². The molecule has 3 N–H and O–H groups in total. The number of rotatable bonds is 11. The first-order valence-electron chi connectivity index (χ1n) is 14.1. The van der Waals surface area contributed by atoms with Crippen molar-refractivity contribution < 1.29 is 27.4 Å². The molecule has 2 aliphatic carbocycles. The van der Waals surface area contributed by atoms with E-state index in [4.69, 9.17) is 4.18 Å². The van der Waals surface area contributed by atoms with E-state index in [0.29, 0.717) is 24.3 Å². The Morgan fingerprint density at radius 2 is 1.95 bits per heavy atom. The number of hydrogen-bond acceptors (Lipinski definition) is 5. The van der Waals surface area contributed by atoms with Crippen LogP contribution in [0.3, 0.4) is 0 Å². The van der Waals surface area contributed by atoms with E-state index < -0.39 is 16.5 Å². The van der Waals surface area contributed by atoms with E-state index in [1.54, 1.807) is 6.07 Å². The Hall–Kier alpha value is -1.83. The Labute approximate surface area is 230 Å². The molecule has 1 aromatic rings. The number of hydrogen-bond donors (Lipinski definition) is 3. The van der Waals surface area contributed by atoms with Crippen LogP contribution in [0.1, 0.15) is 98.0 Å². The predicted octanol–water partition coefficient (Wildman–Crippen LogP) is 7.77. The summed E-state index contributed by atoms with van der Waals surface area (Å²) in [5.74, 6) is 0.937. The third-order valence-electron chi connectivity index (χ3n) is 9.63. The summed E-state index contributed by atoms with van der Waals surface area (Å²) in [5, 5.41) is 19.7. The molecule has 0 bridgehead atoms. The van der Waals surface area contributed by atoms with E-state index in [0.717, 1.165) is 50.5 Å². The van der Waals surface area contributed by atoms with Gasteiger partial charge >= 0.3 is 10.4 Å². The highest BCUT2D eigenvalue weighted by Gasteiger charge is 2.53. The van der Waals surface area contributed by atoms with Crippen LogP contribution in [0.25, 0.3) is 0 Å². The van der Waals surface area contributed by atoms with Crippen LogP contribution in [0.15, 0.2) is 42.0 Å². The average Bonchev–Trinajstić information content (AvgIpc) is 2.79. The summed E-state index contributed by atoms with van der Waals surface area (Å²) in [6, 6.07) is 4.51. The van der Waals surface area contributed by atoms with Crippen molar-refractivity contribution in [3.05, 3.63) is 47.6 Å². The van der Waals surface area contributed by atoms with Crippen LogP contribution in [0.5, 0.6) is 11.5 Å². The van der Waals surface area contributed by atoms with Crippen molar-refractivity contribution in [3.63, 3.8) is 0 Å². The Morgan fingerprint density at radius 3 is 2.63 bits per heavy atom. The lowest BCUT2D eigenvalue weighted by molar-refractivity contribution is -0.0654. The molecule has 0 unspecified atom stereocenters. The quantitative estimate of drug-likeness (QED) is 0.148. The zero-order valence-corrected chi connectivity index (χ0v) is 24.7. The van der Waals surface area contributed by atoms with Gasteiger partial charge in [0.25, 0.3) is 0 Å². The minimum Gasteiger partial charge on any atom is -0.508 e. The van der Waals surface area contributed by atoms with Crippen LogP contribution in [0.4, 0.5) is 0 Å². The molecule has 7 heteroatoms. The summed E-state index contributed by atoms with van der Waals surface area (Å²) in [6.07, 6.45) is 10.5. The van der Waals surface area contributed by atoms with E-state index >= 15 is 0 Å². The minimum atomic E-state index is -4.58. The fourth-order valence-corrected chi connectivity index (χ4v) is 8.06. The Balaban J connectivity index is 1.67. The van der Waals surface area contributed by atoms with Gasteiger partial charge in [-0.1, -0.05) is 57.9 Å². The first kappa shape index (κ1) is 30.7. The summed E-state index contributed by atoms with van der Waals surface area (Å²) < 4.78 is 38.7. The lowest BCUT2D eigenvalue weighted by Crippen LogP contribution is -2.50. The molecule has 0 amide bonds. The lowest BCUT2D eigenvalue weighted by Gasteiger charge is -2.58. The summed E-state index contributed by atoms with van der Waals surface area (Å²) in [5.41, 5.74) is 3.31. The molecule has 0 spiro atoms. The maximum Gasteiger partial charge on any atom is 0.397 e. The third-order valence-corrected chi connectivity index (χ3v) is 10.1. The highest BCUT2D eigenvalue weighted by atomic mass is 32.3. The Bertz CT molecular complexity index is 1120. The molecule has 2 aliphatic rings. The second-order valence-corrected chi connectivity index (χ2v) is 13.9. The van der Waals surface area contributed by atoms with Gasteiger partial charge in [0, 0.05) is 5.56 Å². The Kier molecular flexibility index (Phi) is 9.81. The van der Waals surface area contributed by atoms with E-state index in [1.165, 1.54) is 24.1 Å². The first-order valence-corrected chi connectivity index (χ1v) is 15.5. The summed E-state index contributed by atoms with van der Waals surface area (Å²) >= 11 is 0. The van der Waals surface area contributed by atoms with Crippen LogP contribution < -0.4 is 0 Å². The molecule has 5 atom stereocenters. The largest absolute Gasteiger partial charge is 0.508 e. The predicted molar refractivity (Wildman–Crippen MR) is 152 cm³/mol. The number of phenolic OH excluding ortho intramolecular Hbond substituents is 2. The van der Waals surface area contributed by atoms with Crippen molar-refractivity contribution in [2.24, 2.45) is 28.6 Å². The fourth-order valence-electron chi connectivity index (χ4n) is 7.48. The molecule has 214 valence electrons.